The van der Waals surface area contributed by atoms with E-state index in [1.807, 2.05) is 12.1 Å². The molecule has 1 aliphatic heterocycles. The van der Waals surface area contributed by atoms with Gasteiger partial charge in [0, 0.05) is 25.2 Å². The van der Waals surface area contributed by atoms with E-state index in [-0.39, 0.29) is 12.0 Å². The number of pyridine rings is 1. The molecule has 1 aromatic rings. The summed E-state index contributed by atoms with van der Waals surface area (Å²) in [6.45, 7) is 1.50. The summed E-state index contributed by atoms with van der Waals surface area (Å²) >= 11 is 3.38. The Morgan fingerprint density at radius 1 is 1.54 bits per heavy atom. The molecule has 2 atom stereocenters. The van der Waals surface area contributed by atoms with Crippen LogP contribution in [-0.2, 0) is 0 Å². The van der Waals surface area contributed by atoms with E-state index in [1.165, 1.54) is 0 Å². The quantitative estimate of drug-likeness (QED) is 0.720. The molecule has 0 aromatic carbocycles. The van der Waals surface area contributed by atoms with Crippen LogP contribution in [0.25, 0.3) is 0 Å². The zero-order valence-electron chi connectivity index (χ0n) is 7.07. The highest BCUT2D eigenvalue weighted by atomic mass is 79.9. The third-order valence-electron chi connectivity index (χ3n) is 2.37. The molecule has 0 bridgehead atoms. The molecule has 2 rings (SSSR count). The summed E-state index contributed by atoms with van der Waals surface area (Å²) in [5.74, 6) is 0.170. The van der Waals surface area contributed by atoms with Gasteiger partial charge < -0.3 is 10.4 Å². The number of rotatable bonds is 1. The lowest BCUT2D eigenvalue weighted by Gasteiger charge is -2.14. The van der Waals surface area contributed by atoms with Crippen LogP contribution in [0.1, 0.15) is 11.5 Å². The monoisotopic (exact) mass is 242 g/mol. The standard InChI is InChI=1S/C9H11BrN2O/c10-9-6(2-1-3-12-9)7-4-11-5-8(7)13/h1-3,7-8,11,13H,4-5H2/t7-,8+/m0/s1. The lowest BCUT2D eigenvalue weighted by atomic mass is 9.98. The summed E-state index contributed by atoms with van der Waals surface area (Å²) in [7, 11) is 0. The van der Waals surface area contributed by atoms with E-state index in [9.17, 15) is 5.11 Å². The van der Waals surface area contributed by atoms with Gasteiger partial charge in [0.2, 0.25) is 0 Å². The molecule has 1 fully saturated rings. The van der Waals surface area contributed by atoms with Gasteiger partial charge in [-0.3, -0.25) is 0 Å². The van der Waals surface area contributed by atoms with Gasteiger partial charge >= 0.3 is 0 Å². The fourth-order valence-electron chi connectivity index (χ4n) is 1.66. The molecule has 0 saturated carbocycles. The SMILES string of the molecule is O[C@@H]1CNC[C@H]1c1cccnc1Br. The number of hydrogen-bond donors (Lipinski definition) is 2. The van der Waals surface area contributed by atoms with Gasteiger partial charge in [0.1, 0.15) is 4.60 Å². The van der Waals surface area contributed by atoms with Crippen molar-refractivity contribution in [2.24, 2.45) is 0 Å². The molecule has 1 aliphatic rings. The molecule has 2 heterocycles. The van der Waals surface area contributed by atoms with Crippen LogP contribution in [-0.4, -0.2) is 29.3 Å². The van der Waals surface area contributed by atoms with Crippen molar-refractivity contribution >= 4 is 15.9 Å². The first-order valence-corrected chi connectivity index (χ1v) is 5.07. The Morgan fingerprint density at radius 3 is 3.00 bits per heavy atom. The number of aromatic nitrogens is 1. The molecule has 1 aromatic heterocycles. The summed E-state index contributed by atoms with van der Waals surface area (Å²) in [6, 6.07) is 3.89. The van der Waals surface area contributed by atoms with Crippen LogP contribution in [0.2, 0.25) is 0 Å². The first-order chi connectivity index (χ1) is 6.29. The summed E-state index contributed by atoms with van der Waals surface area (Å²) in [5, 5.41) is 12.8. The molecule has 1 saturated heterocycles. The van der Waals surface area contributed by atoms with Gasteiger partial charge in [0.15, 0.2) is 0 Å². The van der Waals surface area contributed by atoms with E-state index in [2.05, 4.69) is 26.2 Å². The highest BCUT2D eigenvalue weighted by molar-refractivity contribution is 9.10. The van der Waals surface area contributed by atoms with Crippen LogP contribution in [0.3, 0.4) is 0 Å². The van der Waals surface area contributed by atoms with Crippen LogP contribution in [0, 0.1) is 0 Å². The molecular weight excluding hydrogens is 232 g/mol. The highest BCUT2D eigenvalue weighted by Gasteiger charge is 2.27. The average molecular weight is 243 g/mol. The molecule has 2 N–H and O–H groups in total. The minimum atomic E-state index is -0.291. The molecule has 0 unspecified atom stereocenters. The van der Waals surface area contributed by atoms with Gasteiger partial charge in [-0.2, -0.15) is 0 Å². The third-order valence-corrected chi connectivity index (χ3v) is 3.03. The van der Waals surface area contributed by atoms with Crippen molar-refractivity contribution in [1.29, 1.82) is 0 Å². The highest BCUT2D eigenvalue weighted by Crippen LogP contribution is 2.27. The minimum Gasteiger partial charge on any atom is -0.391 e. The molecule has 13 heavy (non-hydrogen) atoms. The van der Waals surface area contributed by atoms with E-state index in [1.54, 1.807) is 6.20 Å². The van der Waals surface area contributed by atoms with Crippen molar-refractivity contribution in [3.63, 3.8) is 0 Å². The predicted molar refractivity (Wildman–Crippen MR) is 53.6 cm³/mol. The average Bonchev–Trinajstić information content (AvgIpc) is 2.52. The van der Waals surface area contributed by atoms with Gasteiger partial charge in [-0.25, -0.2) is 4.98 Å². The summed E-state index contributed by atoms with van der Waals surface area (Å²) in [5.41, 5.74) is 1.08. The molecule has 4 heteroatoms. The Kier molecular flexibility index (Phi) is 2.62. The zero-order valence-corrected chi connectivity index (χ0v) is 8.66. The van der Waals surface area contributed by atoms with Crippen molar-refractivity contribution in [2.75, 3.05) is 13.1 Å². The first-order valence-electron chi connectivity index (χ1n) is 4.28. The van der Waals surface area contributed by atoms with E-state index in [0.717, 1.165) is 16.7 Å². The van der Waals surface area contributed by atoms with Gasteiger partial charge in [-0.15, -0.1) is 0 Å². The Morgan fingerprint density at radius 2 is 2.38 bits per heavy atom. The Hall–Kier alpha value is -0.450. The smallest absolute Gasteiger partial charge is 0.109 e. The zero-order chi connectivity index (χ0) is 9.26. The van der Waals surface area contributed by atoms with E-state index in [0.29, 0.717) is 6.54 Å². The topological polar surface area (TPSA) is 45.1 Å². The number of aliphatic hydroxyl groups excluding tert-OH is 1. The van der Waals surface area contributed by atoms with Crippen molar-refractivity contribution in [3.8, 4) is 0 Å². The Bertz CT molecular complexity index is 305. The minimum absolute atomic E-state index is 0.170. The maximum Gasteiger partial charge on any atom is 0.109 e. The van der Waals surface area contributed by atoms with Crippen molar-refractivity contribution in [1.82, 2.24) is 10.3 Å². The molecule has 0 amide bonds. The van der Waals surface area contributed by atoms with Crippen LogP contribution in [0.5, 0.6) is 0 Å². The second-order valence-corrected chi connectivity index (χ2v) is 3.97. The van der Waals surface area contributed by atoms with E-state index < -0.39 is 0 Å². The van der Waals surface area contributed by atoms with E-state index in [4.69, 9.17) is 0 Å². The fourth-order valence-corrected chi connectivity index (χ4v) is 2.20. The summed E-state index contributed by atoms with van der Waals surface area (Å²) in [6.07, 6.45) is 1.45. The Balaban J connectivity index is 2.29. The van der Waals surface area contributed by atoms with Crippen LogP contribution in [0.15, 0.2) is 22.9 Å². The maximum atomic E-state index is 9.66. The largest absolute Gasteiger partial charge is 0.391 e. The number of aliphatic hydroxyl groups is 1. The number of β-amino-alcohol motifs (C(OH)–C–C–N with tert-alkyl or cyclic N) is 1. The number of nitrogens with zero attached hydrogens (tertiary/aromatic N) is 1. The second kappa shape index (κ2) is 3.74. The van der Waals surface area contributed by atoms with Crippen LogP contribution in [0.4, 0.5) is 0 Å². The summed E-state index contributed by atoms with van der Waals surface area (Å²) < 4.78 is 0.836. The predicted octanol–water partition coefficient (Wildman–Crippen LogP) is 0.892. The van der Waals surface area contributed by atoms with Gasteiger partial charge in [0.05, 0.1) is 6.10 Å². The molecule has 70 valence electrons. The molecule has 3 nitrogen and oxygen atoms in total. The molecular formula is C9H11BrN2O. The van der Waals surface area contributed by atoms with Gasteiger partial charge in [0.25, 0.3) is 0 Å². The number of halogens is 1. The van der Waals surface area contributed by atoms with Crippen molar-refractivity contribution < 1.29 is 5.11 Å². The van der Waals surface area contributed by atoms with E-state index >= 15 is 0 Å². The number of nitrogens with one attached hydrogen (secondary N) is 1. The lowest BCUT2D eigenvalue weighted by Crippen LogP contribution is -2.16. The number of hydrogen-bond acceptors (Lipinski definition) is 3. The van der Waals surface area contributed by atoms with Crippen molar-refractivity contribution in [3.05, 3.63) is 28.5 Å². The fraction of sp³-hybridized carbons (Fsp3) is 0.444. The Labute approximate surface area is 85.3 Å². The summed E-state index contributed by atoms with van der Waals surface area (Å²) in [4.78, 5) is 4.14. The normalized spacial score (nSPS) is 27.8. The third kappa shape index (κ3) is 1.75. The maximum absolute atomic E-state index is 9.66. The molecule has 0 aliphatic carbocycles. The molecule has 0 radical (unpaired) electrons. The van der Waals surface area contributed by atoms with Crippen molar-refractivity contribution in [2.45, 2.75) is 12.0 Å². The van der Waals surface area contributed by atoms with Gasteiger partial charge in [-0.05, 0) is 27.6 Å². The second-order valence-electron chi connectivity index (χ2n) is 3.22. The van der Waals surface area contributed by atoms with Gasteiger partial charge in [-0.1, -0.05) is 6.07 Å². The van der Waals surface area contributed by atoms with Crippen LogP contribution >= 0.6 is 15.9 Å². The molecule has 0 spiro atoms. The lowest BCUT2D eigenvalue weighted by molar-refractivity contribution is 0.177. The van der Waals surface area contributed by atoms with Crippen LogP contribution < -0.4 is 5.32 Å². The first kappa shape index (κ1) is 9.12.